The Hall–Kier alpha value is -3.45. The minimum Gasteiger partial charge on any atom is -0.357 e. The number of fused-ring (bicyclic) bond motifs is 1. The molecular formula is C23H24N6O. The van der Waals surface area contributed by atoms with Crippen LogP contribution in [0.5, 0.6) is 0 Å². The van der Waals surface area contributed by atoms with Crippen LogP contribution in [0.1, 0.15) is 35.8 Å². The Balaban J connectivity index is 1.29. The molecular weight excluding hydrogens is 376 g/mol. The number of amides is 1. The summed E-state index contributed by atoms with van der Waals surface area (Å²) < 4.78 is 0. The maximum absolute atomic E-state index is 12.6. The van der Waals surface area contributed by atoms with Crippen LogP contribution in [0.2, 0.25) is 0 Å². The van der Waals surface area contributed by atoms with E-state index in [9.17, 15) is 4.79 Å². The molecule has 3 aromatic heterocycles. The number of pyridine rings is 1. The summed E-state index contributed by atoms with van der Waals surface area (Å²) in [5, 5.41) is 10.7. The Bertz CT molecular complexity index is 1160. The number of carbonyl (C=O) groups excluding carboxylic acids is 1. The molecule has 7 heteroatoms. The van der Waals surface area contributed by atoms with Crippen LogP contribution in [0.4, 0.5) is 5.82 Å². The van der Waals surface area contributed by atoms with Gasteiger partial charge in [0.25, 0.3) is 5.91 Å². The number of hydrogen-bond donors (Lipinski definition) is 3. The third-order valence-electron chi connectivity index (χ3n) is 5.84. The van der Waals surface area contributed by atoms with Crippen LogP contribution in [-0.4, -0.2) is 43.6 Å². The van der Waals surface area contributed by atoms with Crippen LogP contribution in [0.15, 0.2) is 55.0 Å². The van der Waals surface area contributed by atoms with Crippen molar-refractivity contribution < 1.29 is 4.79 Å². The van der Waals surface area contributed by atoms with E-state index in [-0.39, 0.29) is 5.91 Å². The molecule has 1 fully saturated rings. The Kier molecular flexibility index (Phi) is 4.80. The maximum atomic E-state index is 12.6. The molecule has 4 heterocycles. The van der Waals surface area contributed by atoms with Gasteiger partial charge >= 0.3 is 0 Å². The molecule has 0 aliphatic carbocycles. The summed E-state index contributed by atoms with van der Waals surface area (Å²) in [6.45, 7) is 4.35. The highest BCUT2D eigenvalue weighted by Crippen LogP contribution is 2.23. The van der Waals surface area contributed by atoms with Crippen LogP contribution in [0, 0.1) is 0 Å². The van der Waals surface area contributed by atoms with Crippen molar-refractivity contribution in [3.05, 3.63) is 66.2 Å². The lowest BCUT2D eigenvalue weighted by Crippen LogP contribution is -2.26. The van der Waals surface area contributed by atoms with Gasteiger partial charge in [-0.2, -0.15) is 5.10 Å². The summed E-state index contributed by atoms with van der Waals surface area (Å²) in [5.41, 5.74) is 4.74. The summed E-state index contributed by atoms with van der Waals surface area (Å²) >= 11 is 0. The Labute approximate surface area is 174 Å². The minimum absolute atomic E-state index is 0.182. The van der Waals surface area contributed by atoms with Gasteiger partial charge in [0, 0.05) is 53.3 Å². The van der Waals surface area contributed by atoms with E-state index < -0.39 is 0 Å². The number of H-pyrrole nitrogens is 2. The van der Waals surface area contributed by atoms with Crippen molar-refractivity contribution in [3.8, 4) is 11.1 Å². The molecule has 1 saturated heterocycles. The van der Waals surface area contributed by atoms with E-state index in [4.69, 9.17) is 0 Å². The fraction of sp³-hybridized carbons (Fsp3) is 0.261. The smallest absolute Gasteiger partial charge is 0.256 e. The van der Waals surface area contributed by atoms with Gasteiger partial charge in [0.2, 0.25) is 0 Å². The van der Waals surface area contributed by atoms with Crippen LogP contribution in [0.25, 0.3) is 22.0 Å². The van der Waals surface area contributed by atoms with Crippen molar-refractivity contribution in [1.82, 2.24) is 25.1 Å². The standard InChI is InChI=1S/C23H24N6O/c1-15-3-2-8-29(15)14-20-9-18-11-24-22(10-21(18)27-20)28-23(30)17-6-4-16(5-7-17)19-12-25-26-13-19/h4-7,9-13,15,27H,2-3,8,14H2,1H3,(H,25,26)(H,24,28,30)/t15-/m0/s1. The topological polar surface area (TPSA) is 89.7 Å². The van der Waals surface area contributed by atoms with Crippen molar-refractivity contribution >= 4 is 22.6 Å². The molecule has 152 valence electrons. The van der Waals surface area contributed by atoms with E-state index in [2.05, 4.69) is 43.4 Å². The molecule has 7 nitrogen and oxygen atoms in total. The number of likely N-dealkylation sites (tertiary alicyclic amines) is 1. The molecule has 1 aliphatic rings. The lowest BCUT2D eigenvalue weighted by atomic mass is 10.1. The van der Waals surface area contributed by atoms with Gasteiger partial charge in [0.05, 0.1) is 11.7 Å². The summed E-state index contributed by atoms with van der Waals surface area (Å²) in [6, 6.07) is 12.1. The predicted molar refractivity (Wildman–Crippen MR) is 117 cm³/mol. The van der Waals surface area contributed by atoms with Crippen molar-refractivity contribution in [1.29, 1.82) is 0 Å². The van der Waals surface area contributed by atoms with Gasteiger partial charge in [-0.25, -0.2) is 4.98 Å². The predicted octanol–water partition coefficient (Wildman–Crippen LogP) is 4.19. The van der Waals surface area contributed by atoms with Crippen LogP contribution >= 0.6 is 0 Å². The summed E-state index contributed by atoms with van der Waals surface area (Å²) in [5.74, 6) is 0.354. The SMILES string of the molecule is C[C@H]1CCCN1Cc1cc2cnc(NC(=O)c3ccc(-c4cn[nH]c4)cc3)cc2[nH]1. The molecule has 1 aromatic carbocycles. The Morgan fingerprint density at radius 1 is 1.20 bits per heavy atom. The first kappa shape index (κ1) is 18.6. The zero-order valence-electron chi connectivity index (χ0n) is 16.9. The first-order chi connectivity index (χ1) is 14.7. The average Bonchev–Trinajstić information content (AvgIpc) is 3.50. The number of benzene rings is 1. The fourth-order valence-electron chi connectivity index (χ4n) is 4.10. The fourth-order valence-corrected chi connectivity index (χ4v) is 4.10. The van der Waals surface area contributed by atoms with E-state index >= 15 is 0 Å². The zero-order valence-corrected chi connectivity index (χ0v) is 16.9. The zero-order chi connectivity index (χ0) is 20.5. The normalized spacial score (nSPS) is 16.9. The van der Waals surface area contributed by atoms with Gasteiger partial charge in [0.1, 0.15) is 5.82 Å². The number of hydrogen-bond acceptors (Lipinski definition) is 4. The lowest BCUT2D eigenvalue weighted by Gasteiger charge is -2.19. The van der Waals surface area contributed by atoms with E-state index in [1.165, 1.54) is 18.5 Å². The number of carbonyl (C=O) groups is 1. The number of rotatable bonds is 5. The van der Waals surface area contributed by atoms with Crippen molar-refractivity contribution in [2.45, 2.75) is 32.4 Å². The largest absolute Gasteiger partial charge is 0.357 e. The number of anilines is 1. The third-order valence-corrected chi connectivity index (χ3v) is 5.84. The first-order valence-electron chi connectivity index (χ1n) is 10.3. The Morgan fingerprint density at radius 3 is 2.80 bits per heavy atom. The molecule has 0 unspecified atom stereocenters. The molecule has 1 aliphatic heterocycles. The van der Waals surface area contributed by atoms with E-state index in [0.29, 0.717) is 17.4 Å². The van der Waals surface area contributed by atoms with Crippen molar-refractivity contribution in [2.24, 2.45) is 0 Å². The highest BCUT2D eigenvalue weighted by Gasteiger charge is 2.20. The van der Waals surface area contributed by atoms with Gasteiger partial charge in [-0.05, 0) is 50.1 Å². The second-order valence-corrected chi connectivity index (χ2v) is 7.93. The molecule has 1 amide bonds. The number of aromatic amines is 2. The molecule has 5 rings (SSSR count). The quantitative estimate of drug-likeness (QED) is 0.469. The number of aromatic nitrogens is 4. The second-order valence-electron chi connectivity index (χ2n) is 7.93. The minimum atomic E-state index is -0.182. The molecule has 30 heavy (non-hydrogen) atoms. The van der Waals surface area contributed by atoms with Gasteiger partial charge in [-0.3, -0.25) is 14.8 Å². The van der Waals surface area contributed by atoms with Gasteiger partial charge in [-0.1, -0.05) is 12.1 Å². The molecule has 1 atom stereocenters. The van der Waals surface area contributed by atoms with Crippen LogP contribution < -0.4 is 5.32 Å². The summed E-state index contributed by atoms with van der Waals surface area (Å²) in [6.07, 6.45) is 7.91. The molecule has 3 N–H and O–H groups in total. The monoisotopic (exact) mass is 400 g/mol. The molecule has 0 bridgehead atoms. The second kappa shape index (κ2) is 7.76. The van der Waals surface area contributed by atoms with E-state index in [1.807, 2.05) is 24.4 Å². The Morgan fingerprint density at radius 2 is 2.07 bits per heavy atom. The molecule has 0 saturated carbocycles. The maximum Gasteiger partial charge on any atom is 0.256 e. The molecule has 0 spiro atoms. The lowest BCUT2D eigenvalue weighted by molar-refractivity contribution is 0.102. The number of nitrogens with zero attached hydrogens (tertiary/aromatic N) is 3. The van der Waals surface area contributed by atoms with E-state index in [0.717, 1.165) is 35.1 Å². The summed E-state index contributed by atoms with van der Waals surface area (Å²) in [4.78, 5) is 23.0. The van der Waals surface area contributed by atoms with Crippen molar-refractivity contribution in [3.63, 3.8) is 0 Å². The molecule has 0 radical (unpaired) electrons. The van der Waals surface area contributed by atoms with Crippen LogP contribution in [0.3, 0.4) is 0 Å². The van der Waals surface area contributed by atoms with Gasteiger partial charge in [0.15, 0.2) is 0 Å². The third kappa shape index (κ3) is 3.71. The van der Waals surface area contributed by atoms with Gasteiger partial charge in [-0.15, -0.1) is 0 Å². The molecule has 4 aromatic rings. The van der Waals surface area contributed by atoms with Crippen molar-refractivity contribution in [2.75, 3.05) is 11.9 Å². The highest BCUT2D eigenvalue weighted by molar-refractivity contribution is 6.04. The summed E-state index contributed by atoms with van der Waals surface area (Å²) in [7, 11) is 0. The van der Waals surface area contributed by atoms with E-state index in [1.54, 1.807) is 24.5 Å². The van der Waals surface area contributed by atoms with Gasteiger partial charge < -0.3 is 10.3 Å². The number of nitrogens with one attached hydrogen (secondary N) is 3. The highest BCUT2D eigenvalue weighted by atomic mass is 16.1. The average molecular weight is 400 g/mol. The van der Waals surface area contributed by atoms with Crippen LogP contribution in [-0.2, 0) is 6.54 Å². The first-order valence-corrected chi connectivity index (χ1v) is 10.3.